The highest BCUT2D eigenvalue weighted by Gasteiger charge is 2.04. The number of aryl methyl sites for hydroxylation is 1. The van der Waals surface area contributed by atoms with E-state index in [1.165, 1.54) is 5.56 Å². The standard InChI is InChI=1S/C20H26N2/c1-7-9-12-15(3)17(5)21-19(8-2)18(6)22-20-14-11-10-13-16(20)4/h7-14,22H,6H2,1-5H3/b9-7-,15-12+,19-8-,21-17-. The van der Waals surface area contributed by atoms with Crippen LogP contribution in [0.3, 0.4) is 0 Å². The molecule has 2 heteroatoms. The summed E-state index contributed by atoms with van der Waals surface area (Å²) in [7, 11) is 0. The largest absolute Gasteiger partial charge is 0.354 e. The number of para-hydroxylation sites is 1. The lowest BCUT2D eigenvalue weighted by molar-refractivity contribution is 1.26. The topological polar surface area (TPSA) is 24.4 Å². The molecule has 0 bridgehead atoms. The van der Waals surface area contributed by atoms with Crippen LogP contribution in [0.5, 0.6) is 0 Å². The molecule has 2 nitrogen and oxygen atoms in total. The molecule has 0 aliphatic rings. The first kappa shape index (κ1) is 17.7. The van der Waals surface area contributed by atoms with Crippen LogP contribution in [-0.2, 0) is 0 Å². The van der Waals surface area contributed by atoms with Gasteiger partial charge in [-0.2, -0.15) is 0 Å². The van der Waals surface area contributed by atoms with Crippen molar-refractivity contribution in [2.24, 2.45) is 4.99 Å². The van der Waals surface area contributed by atoms with Crippen LogP contribution in [0.2, 0.25) is 0 Å². The number of hydrogen-bond donors (Lipinski definition) is 1. The first-order valence-corrected chi connectivity index (χ1v) is 7.53. The van der Waals surface area contributed by atoms with Crippen molar-refractivity contribution in [3.63, 3.8) is 0 Å². The van der Waals surface area contributed by atoms with Gasteiger partial charge in [-0.25, -0.2) is 0 Å². The molecule has 0 saturated carbocycles. The molecular weight excluding hydrogens is 268 g/mol. The van der Waals surface area contributed by atoms with Gasteiger partial charge in [0.05, 0.1) is 11.4 Å². The number of rotatable bonds is 6. The van der Waals surface area contributed by atoms with Gasteiger partial charge in [0.25, 0.3) is 0 Å². The van der Waals surface area contributed by atoms with Crippen LogP contribution in [-0.4, -0.2) is 5.71 Å². The van der Waals surface area contributed by atoms with E-state index in [0.717, 1.165) is 28.4 Å². The lowest BCUT2D eigenvalue weighted by atomic mass is 10.1. The Morgan fingerprint density at radius 2 is 1.86 bits per heavy atom. The zero-order chi connectivity index (χ0) is 16.5. The number of nitrogens with zero attached hydrogens (tertiary/aromatic N) is 1. The van der Waals surface area contributed by atoms with Crippen molar-refractivity contribution in [2.75, 3.05) is 5.32 Å². The first-order chi connectivity index (χ1) is 10.5. The highest BCUT2D eigenvalue weighted by Crippen LogP contribution is 2.19. The fourth-order valence-corrected chi connectivity index (χ4v) is 1.88. The summed E-state index contributed by atoms with van der Waals surface area (Å²) >= 11 is 0. The quantitative estimate of drug-likeness (QED) is 0.520. The maximum atomic E-state index is 4.69. The van der Waals surface area contributed by atoms with Gasteiger partial charge in [-0.3, -0.25) is 4.99 Å². The molecule has 1 aromatic carbocycles. The number of anilines is 1. The fourth-order valence-electron chi connectivity index (χ4n) is 1.88. The van der Waals surface area contributed by atoms with E-state index < -0.39 is 0 Å². The smallest absolute Gasteiger partial charge is 0.0819 e. The monoisotopic (exact) mass is 294 g/mol. The van der Waals surface area contributed by atoms with Crippen LogP contribution in [0.1, 0.15) is 33.3 Å². The Morgan fingerprint density at radius 1 is 1.18 bits per heavy atom. The molecule has 0 aromatic heterocycles. The molecule has 1 N–H and O–H groups in total. The van der Waals surface area contributed by atoms with Crippen LogP contribution in [0.25, 0.3) is 0 Å². The summed E-state index contributed by atoms with van der Waals surface area (Å²) < 4.78 is 0. The van der Waals surface area contributed by atoms with Gasteiger partial charge in [0.15, 0.2) is 0 Å². The average molecular weight is 294 g/mol. The van der Waals surface area contributed by atoms with E-state index in [9.17, 15) is 0 Å². The fraction of sp³-hybridized carbons (Fsp3) is 0.250. The lowest BCUT2D eigenvalue weighted by Crippen LogP contribution is -2.04. The predicted molar refractivity (Wildman–Crippen MR) is 99.4 cm³/mol. The molecule has 0 saturated heterocycles. The molecule has 0 amide bonds. The number of aliphatic imine (C=N–C) groups is 1. The normalized spacial score (nSPS) is 13.6. The van der Waals surface area contributed by atoms with Crippen molar-refractivity contribution in [1.29, 1.82) is 0 Å². The van der Waals surface area contributed by atoms with Gasteiger partial charge in [0.1, 0.15) is 0 Å². The second kappa shape index (κ2) is 8.83. The minimum Gasteiger partial charge on any atom is -0.354 e. The van der Waals surface area contributed by atoms with Gasteiger partial charge < -0.3 is 5.32 Å². The molecule has 0 spiro atoms. The number of hydrogen-bond acceptors (Lipinski definition) is 2. The van der Waals surface area contributed by atoms with Crippen molar-refractivity contribution in [1.82, 2.24) is 0 Å². The van der Waals surface area contributed by atoms with Gasteiger partial charge in [-0.1, -0.05) is 49.1 Å². The van der Waals surface area contributed by atoms with Crippen LogP contribution in [0, 0.1) is 6.92 Å². The summed E-state index contributed by atoms with van der Waals surface area (Å²) in [6.07, 6.45) is 8.06. The molecule has 0 radical (unpaired) electrons. The highest BCUT2D eigenvalue weighted by atomic mass is 14.9. The minimum absolute atomic E-state index is 0.801. The zero-order valence-corrected chi connectivity index (χ0v) is 14.3. The van der Waals surface area contributed by atoms with Crippen molar-refractivity contribution in [3.8, 4) is 0 Å². The second-order valence-electron chi connectivity index (χ2n) is 5.17. The third kappa shape index (κ3) is 5.21. The van der Waals surface area contributed by atoms with E-state index in [2.05, 4.69) is 42.9 Å². The maximum absolute atomic E-state index is 4.69. The zero-order valence-electron chi connectivity index (χ0n) is 14.3. The summed E-state index contributed by atoms with van der Waals surface area (Å²) in [5.41, 5.74) is 6.02. The summed E-state index contributed by atoms with van der Waals surface area (Å²) in [6, 6.07) is 8.15. The Balaban J connectivity index is 2.93. The van der Waals surface area contributed by atoms with E-state index in [0.29, 0.717) is 0 Å². The Hall–Kier alpha value is -2.35. The third-order valence-corrected chi connectivity index (χ3v) is 3.41. The molecule has 0 heterocycles. The lowest BCUT2D eigenvalue weighted by Gasteiger charge is -2.13. The van der Waals surface area contributed by atoms with Crippen molar-refractivity contribution in [3.05, 3.63) is 77.7 Å². The van der Waals surface area contributed by atoms with Crippen molar-refractivity contribution >= 4 is 11.4 Å². The molecule has 0 atom stereocenters. The van der Waals surface area contributed by atoms with Crippen LogP contribution >= 0.6 is 0 Å². The van der Waals surface area contributed by atoms with E-state index in [1.807, 2.05) is 57.2 Å². The third-order valence-electron chi connectivity index (χ3n) is 3.41. The Kier molecular flexibility index (Phi) is 7.11. The predicted octanol–water partition coefficient (Wildman–Crippen LogP) is 5.81. The first-order valence-electron chi connectivity index (χ1n) is 7.53. The van der Waals surface area contributed by atoms with Gasteiger partial charge in [-0.15, -0.1) is 0 Å². The minimum atomic E-state index is 0.801. The average Bonchev–Trinajstić information content (AvgIpc) is 2.51. The number of nitrogens with one attached hydrogen (secondary N) is 1. The molecule has 1 rings (SSSR count). The molecule has 0 aliphatic carbocycles. The summed E-state index contributed by atoms with van der Waals surface area (Å²) in [5.74, 6) is 0. The Labute approximate surface area is 134 Å². The molecular formula is C20H26N2. The molecule has 0 unspecified atom stereocenters. The summed E-state index contributed by atoms with van der Waals surface area (Å²) in [6.45, 7) is 14.2. The van der Waals surface area contributed by atoms with Gasteiger partial charge in [-0.05, 0) is 51.8 Å². The second-order valence-corrected chi connectivity index (χ2v) is 5.17. The number of benzene rings is 1. The summed E-state index contributed by atoms with van der Waals surface area (Å²) in [4.78, 5) is 4.69. The van der Waals surface area contributed by atoms with Crippen molar-refractivity contribution < 1.29 is 0 Å². The van der Waals surface area contributed by atoms with Crippen LogP contribution in [0.15, 0.2) is 77.1 Å². The van der Waals surface area contributed by atoms with E-state index in [1.54, 1.807) is 0 Å². The van der Waals surface area contributed by atoms with Crippen LogP contribution < -0.4 is 5.32 Å². The Bertz CT molecular complexity index is 643. The van der Waals surface area contributed by atoms with Crippen molar-refractivity contribution in [2.45, 2.75) is 34.6 Å². The van der Waals surface area contributed by atoms with E-state index in [4.69, 9.17) is 0 Å². The van der Waals surface area contributed by atoms with E-state index in [-0.39, 0.29) is 0 Å². The molecule has 0 aliphatic heterocycles. The molecule has 1 aromatic rings. The van der Waals surface area contributed by atoms with Gasteiger partial charge in [0, 0.05) is 11.4 Å². The molecule has 22 heavy (non-hydrogen) atoms. The Morgan fingerprint density at radius 3 is 2.45 bits per heavy atom. The highest BCUT2D eigenvalue weighted by molar-refractivity contribution is 5.98. The SMILES string of the molecule is C=C(Nc1ccccc1C)C(=C/C)/N=C(C)\C(C)=C\C=C/C. The summed E-state index contributed by atoms with van der Waals surface area (Å²) in [5, 5.41) is 3.35. The number of allylic oxidation sites excluding steroid dienone is 5. The van der Waals surface area contributed by atoms with Gasteiger partial charge in [0.2, 0.25) is 0 Å². The molecule has 0 fully saturated rings. The van der Waals surface area contributed by atoms with Crippen LogP contribution in [0.4, 0.5) is 5.69 Å². The molecule has 116 valence electrons. The maximum Gasteiger partial charge on any atom is 0.0819 e. The van der Waals surface area contributed by atoms with E-state index >= 15 is 0 Å². The van der Waals surface area contributed by atoms with Gasteiger partial charge >= 0.3 is 0 Å².